The first-order valence-corrected chi connectivity index (χ1v) is 6.22. The normalized spacial score (nSPS) is 24.9. The third-order valence-electron chi connectivity index (χ3n) is 3.56. The zero-order chi connectivity index (χ0) is 14.0. The Morgan fingerprint density at radius 2 is 2.06 bits per heavy atom. The lowest BCUT2D eigenvalue weighted by Crippen LogP contribution is -2.51. The van der Waals surface area contributed by atoms with Gasteiger partial charge in [-0.15, -0.1) is 0 Å². The molecule has 0 heterocycles. The van der Waals surface area contributed by atoms with Gasteiger partial charge in [0.2, 0.25) is 5.91 Å². The summed E-state index contributed by atoms with van der Waals surface area (Å²) in [5.41, 5.74) is 0.0958. The van der Waals surface area contributed by atoms with Crippen LogP contribution in [0.1, 0.15) is 40.0 Å². The van der Waals surface area contributed by atoms with Gasteiger partial charge < -0.3 is 10.6 Å². The number of rotatable bonds is 4. The molecule has 2 N–H and O–H groups in total. The zero-order valence-electron chi connectivity index (χ0n) is 11.0. The molecule has 0 bridgehead atoms. The number of carbonyl (C=O) groups excluding carboxylic acids is 1. The van der Waals surface area contributed by atoms with Crippen molar-refractivity contribution in [3.63, 3.8) is 0 Å². The molecule has 1 saturated carbocycles. The number of halogens is 3. The molecule has 1 amide bonds. The molecule has 1 fully saturated rings. The van der Waals surface area contributed by atoms with Crippen molar-refractivity contribution in [3.05, 3.63) is 0 Å². The molecule has 1 aliphatic rings. The van der Waals surface area contributed by atoms with E-state index in [0.717, 1.165) is 19.3 Å². The fourth-order valence-corrected chi connectivity index (χ4v) is 2.35. The van der Waals surface area contributed by atoms with Crippen LogP contribution in [0.5, 0.6) is 0 Å². The highest BCUT2D eigenvalue weighted by molar-refractivity contribution is 5.81. The average Bonchev–Trinajstić information content (AvgIpc) is 2.53. The van der Waals surface area contributed by atoms with Crippen LogP contribution in [0, 0.1) is 5.41 Å². The number of amides is 1. The minimum absolute atomic E-state index is 0.0958. The van der Waals surface area contributed by atoms with Gasteiger partial charge >= 0.3 is 6.18 Å². The van der Waals surface area contributed by atoms with E-state index >= 15 is 0 Å². The van der Waals surface area contributed by atoms with Gasteiger partial charge in [0.1, 0.15) is 6.54 Å². The molecule has 2 atom stereocenters. The second kappa shape index (κ2) is 5.47. The van der Waals surface area contributed by atoms with Crippen LogP contribution in [-0.2, 0) is 4.79 Å². The van der Waals surface area contributed by atoms with Crippen LogP contribution in [0.3, 0.4) is 0 Å². The van der Waals surface area contributed by atoms with E-state index in [0.29, 0.717) is 0 Å². The Kier molecular flexibility index (Phi) is 4.64. The third kappa shape index (κ3) is 4.48. The summed E-state index contributed by atoms with van der Waals surface area (Å²) in [7, 11) is 0. The first-order valence-electron chi connectivity index (χ1n) is 6.22. The molecular weight excluding hydrogens is 245 g/mol. The first kappa shape index (κ1) is 15.3. The summed E-state index contributed by atoms with van der Waals surface area (Å²) in [4.78, 5) is 11.5. The van der Waals surface area contributed by atoms with Crippen LogP contribution in [0.2, 0.25) is 0 Å². The third-order valence-corrected chi connectivity index (χ3v) is 3.56. The van der Waals surface area contributed by atoms with Crippen LogP contribution < -0.4 is 10.6 Å². The van der Waals surface area contributed by atoms with Crippen molar-refractivity contribution < 1.29 is 18.0 Å². The van der Waals surface area contributed by atoms with Gasteiger partial charge in [-0.25, -0.2) is 0 Å². The average molecular weight is 266 g/mol. The largest absolute Gasteiger partial charge is 0.405 e. The van der Waals surface area contributed by atoms with Gasteiger partial charge in [0.15, 0.2) is 0 Å². The number of nitrogens with one attached hydrogen (secondary N) is 2. The van der Waals surface area contributed by atoms with E-state index in [-0.39, 0.29) is 11.5 Å². The smallest absolute Gasteiger partial charge is 0.346 e. The van der Waals surface area contributed by atoms with E-state index in [1.807, 2.05) is 5.32 Å². The Labute approximate surface area is 106 Å². The standard InChI is InChI=1S/C12H21F3N2O/c1-8(10(18)16-7-12(13,14)15)17-9-5-4-6-11(9,2)3/h8-9,17H,4-7H2,1-3H3,(H,16,18). The van der Waals surface area contributed by atoms with Crippen molar-refractivity contribution in [2.45, 2.75) is 58.3 Å². The van der Waals surface area contributed by atoms with Crippen molar-refractivity contribution >= 4 is 5.91 Å². The van der Waals surface area contributed by atoms with Crippen molar-refractivity contribution in [2.24, 2.45) is 5.41 Å². The lowest BCUT2D eigenvalue weighted by Gasteiger charge is -2.30. The summed E-state index contributed by atoms with van der Waals surface area (Å²) in [6.07, 6.45) is -1.24. The number of alkyl halides is 3. The molecule has 0 spiro atoms. The van der Waals surface area contributed by atoms with E-state index in [1.165, 1.54) is 0 Å². The molecule has 0 aromatic rings. The Morgan fingerprint density at radius 3 is 2.50 bits per heavy atom. The lowest BCUT2D eigenvalue weighted by atomic mass is 9.87. The van der Waals surface area contributed by atoms with Crippen LogP contribution in [0.4, 0.5) is 13.2 Å². The maximum Gasteiger partial charge on any atom is 0.405 e. The lowest BCUT2D eigenvalue weighted by molar-refractivity contribution is -0.139. The molecule has 0 saturated heterocycles. The topological polar surface area (TPSA) is 41.1 Å². The SMILES string of the molecule is CC(NC1CCCC1(C)C)C(=O)NCC(F)(F)F. The van der Waals surface area contributed by atoms with Crippen molar-refractivity contribution in [3.8, 4) is 0 Å². The number of hydrogen-bond acceptors (Lipinski definition) is 2. The van der Waals surface area contributed by atoms with Gasteiger partial charge in [-0.2, -0.15) is 13.2 Å². The molecule has 2 unspecified atom stereocenters. The number of carbonyl (C=O) groups is 1. The predicted octanol–water partition coefficient (Wildman–Crippen LogP) is 2.22. The second-order valence-electron chi connectivity index (χ2n) is 5.65. The van der Waals surface area contributed by atoms with E-state index in [1.54, 1.807) is 6.92 Å². The zero-order valence-corrected chi connectivity index (χ0v) is 11.0. The highest BCUT2D eigenvalue weighted by Gasteiger charge is 2.36. The van der Waals surface area contributed by atoms with Crippen LogP contribution in [0.15, 0.2) is 0 Å². The highest BCUT2D eigenvalue weighted by Crippen LogP contribution is 2.37. The maximum absolute atomic E-state index is 12.0. The quantitative estimate of drug-likeness (QED) is 0.819. The Morgan fingerprint density at radius 1 is 1.44 bits per heavy atom. The molecule has 1 rings (SSSR count). The second-order valence-corrected chi connectivity index (χ2v) is 5.65. The monoisotopic (exact) mass is 266 g/mol. The van der Waals surface area contributed by atoms with Crippen molar-refractivity contribution in [1.82, 2.24) is 10.6 Å². The van der Waals surface area contributed by atoms with Gasteiger partial charge in [-0.1, -0.05) is 20.3 Å². The van der Waals surface area contributed by atoms with E-state index in [4.69, 9.17) is 0 Å². The molecule has 106 valence electrons. The van der Waals surface area contributed by atoms with Gasteiger partial charge in [0, 0.05) is 6.04 Å². The minimum Gasteiger partial charge on any atom is -0.346 e. The summed E-state index contributed by atoms with van der Waals surface area (Å²) in [5, 5.41) is 5.02. The summed E-state index contributed by atoms with van der Waals surface area (Å²) in [6.45, 7) is 4.54. The van der Waals surface area contributed by atoms with Gasteiger partial charge in [-0.05, 0) is 25.2 Å². The highest BCUT2D eigenvalue weighted by atomic mass is 19.4. The summed E-state index contributed by atoms with van der Waals surface area (Å²) in [6, 6.07) is -0.418. The van der Waals surface area contributed by atoms with Crippen molar-refractivity contribution in [2.75, 3.05) is 6.54 Å². The Hall–Kier alpha value is -0.780. The van der Waals surface area contributed by atoms with Crippen molar-refractivity contribution in [1.29, 1.82) is 0 Å². The molecule has 0 aromatic carbocycles. The molecule has 1 aliphatic carbocycles. The molecule has 18 heavy (non-hydrogen) atoms. The Bertz CT molecular complexity index is 302. The van der Waals surface area contributed by atoms with Gasteiger partial charge in [-0.3, -0.25) is 4.79 Å². The molecule has 3 nitrogen and oxygen atoms in total. The fraction of sp³-hybridized carbons (Fsp3) is 0.917. The van der Waals surface area contributed by atoms with Gasteiger partial charge in [0.05, 0.1) is 6.04 Å². The van der Waals surface area contributed by atoms with Crippen LogP contribution >= 0.6 is 0 Å². The molecule has 6 heteroatoms. The molecular formula is C12H21F3N2O. The molecule has 0 aromatic heterocycles. The summed E-state index contributed by atoms with van der Waals surface area (Å²) in [5.74, 6) is -0.602. The summed E-state index contributed by atoms with van der Waals surface area (Å²) < 4.78 is 35.9. The predicted molar refractivity (Wildman–Crippen MR) is 63.1 cm³/mol. The maximum atomic E-state index is 12.0. The molecule has 0 aliphatic heterocycles. The first-order chi connectivity index (χ1) is 8.12. The fourth-order valence-electron chi connectivity index (χ4n) is 2.35. The number of hydrogen-bond donors (Lipinski definition) is 2. The van der Waals surface area contributed by atoms with E-state index in [9.17, 15) is 18.0 Å². The van der Waals surface area contributed by atoms with E-state index < -0.39 is 24.7 Å². The Balaban J connectivity index is 2.40. The molecule has 0 radical (unpaired) electrons. The summed E-state index contributed by atoms with van der Waals surface area (Å²) >= 11 is 0. The minimum atomic E-state index is -4.36. The van der Waals surface area contributed by atoms with Gasteiger partial charge in [0.25, 0.3) is 0 Å². The van der Waals surface area contributed by atoms with Crippen LogP contribution in [-0.4, -0.2) is 30.7 Å². The van der Waals surface area contributed by atoms with E-state index in [2.05, 4.69) is 19.2 Å². The van der Waals surface area contributed by atoms with Crippen LogP contribution in [0.25, 0.3) is 0 Å².